The van der Waals surface area contributed by atoms with Crippen LogP contribution in [0.15, 0.2) is 24.3 Å². The third kappa shape index (κ3) is 5.13. The van der Waals surface area contributed by atoms with Gasteiger partial charge in [0.2, 0.25) is 5.91 Å². The van der Waals surface area contributed by atoms with Gasteiger partial charge in [-0.1, -0.05) is 29.8 Å². The molecule has 3 nitrogen and oxygen atoms in total. The summed E-state index contributed by atoms with van der Waals surface area (Å²) in [5, 5.41) is 6.85. The molecule has 22 heavy (non-hydrogen) atoms. The molecular formula is C19H30N2O. The van der Waals surface area contributed by atoms with E-state index in [4.69, 9.17) is 0 Å². The van der Waals surface area contributed by atoms with Crippen LogP contribution in [0.3, 0.4) is 0 Å². The van der Waals surface area contributed by atoms with Crippen molar-refractivity contribution in [2.45, 2.75) is 77.4 Å². The lowest BCUT2D eigenvalue weighted by atomic mass is 9.94. The Morgan fingerprint density at radius 1 is 1.36 bits per heavy atom. The molecule has 2 N–H and O–H groups in total. The van der Waals surface area contributed by atoms with E-state index < -0.39 is 0 Å². The van der Waals surface area contributed by atoms with E-state index in [2.05, 4.69) is 62.6 Å². The first-order valence-electron chi connectivity index (χ1n) is 8.32. The zero-order chi connectivity index (χ0) is 16.4. The number of amides is 1. The van der Waals surface area contributed by atoms with Crippen LogP contribution in [0.25, 0.3) is 0 Å². The fourth-order valence-electron chi connectivity index (χ4n) is 3.60. The Morgan fingerprint density at radius 3 is 2.59 bits per heavy atom. The number of hydrogen-bond acceptors (Lipinski definition) is 2. The normalized spacial score (nSPS) is 17.9. The number of rotatable bonds is 7. The zero-order valence-corrected chi connectivity index (χ0v) is 14.6. The molecular weight excluding hydrogens is 272 g/mol. The number of hydrogen-bond donors (Lipinski definition) is 2. The smallest absolute Gasteiger partial charge is 0.217 e. The SMILES string of the molecule is CC(=O)NC(C)(C)C[C@@H](C)NC1(Cc2cccc(C)c2)CC1. The van der Waals surface area contributed by atoms with Crippen LogP contribution in [-0.4, -0.2) is 23.0 Å². The Labute approximate surface area is 134 Å². The van der Waals surface area contributed by atoms with Crippen LogP contribution in [0.1, 0.15) is 58.1 Å². The van der Waals surface area contributed by atoms with Gasteiger partial charge in [0.05, 0.1) is 0 Å². The fraction of sp³-hybridized carbons (Fsp3) is 0.632. The molecule has 0 spiro atoms. The summed E-state index contributed by atoms with van der Waals surface area (Å²) < 4.78 is 0. The second-order valence-electron chi connectivity index (χ2n) is 7.76. The molecule has 1 atom stereocenters. The molecule has 1 aromatic rings. The van der Waals surface area contributed by atoms with Gasteiger partial charge >= 0.3 is 0 Å². The van der Waals surface area contributed by atoms with Crippen LogP contribution in [-0.2, 0) is 11.2 Å². The monoisotopic (exact) mass is 302 g/mol. The largest absolute Gasteiger partial charge is 0.351 e. The summed E-state index contributed by atoms with van der Waals surface area (Å²) in [5.74, 6) is 0.0399. The summed E-state index contributed by atoms with van der Waals surface area (Å²) in [6.45, 7) is 10.1. The second kappa shape index (κ2) is 6.41. The highest BCUT2D eigenvalue weighted by Crippen LogP contribution is 2.39. The van der Waals surface area contributed by atoms with Crippen molar-refractivity contribution in [2.75, 3.05) is 0 Å². The van der Waals surface area contributed by atoms with E-state index in [1.165, 1.54) is 24.0 Å². The van der Waals surface area contributed by atoms with Crippen molar-refractivity contribution in [3.05, 3.63) is 35.4 Å². The minimum atomic E-state index is -0.169. The fourth-order valence-corrected chi connectivity index (χ4v) is 3.60. The van der Waals surface area contributed by atoms with Crippen molar-refractivity contribution in [2.24, 2.45) is 0 Å². The van der Waals surface area contributed by atoms with Gasteiger partial charge in [0.1, 0.15) is 0 Å². The molecule has 0 aliphatic heterocycles. The topological polar surface area (TPSA) is 41.1 Å². The summed E-state index contributed by atoms with van der Waals surface area (Å²) >= 11 is 0. The number of carbonyl (C=O) groups excluding carboxylic acids is 1. The van der Waals surface area contributed by atoms with Crippen LogP contribution >= 0.6 is 0 Å². The van der Waals surface area contributed by atoms with Crippen molar-refractivity contribution in [1.29, 1.82) is 0 Å². The Kier molecular flexibility index (Phi) is 4.96. The van der Waals surface area contributed by atoms with Crippen LogP contribution in [0.2, 0.25) is 0 Å². The molecule has 3 heteroatoms. The van der Waals surface area contributed by atoms with Gasteiger partial charge in [-0.3, -0.25) is 4.79 Å². The van der Waals surface area contributed by atoms with Crippen molar-refractivity contribution in [3.63, 3.8) is 0 Å². The highest BCUT2D eigenvalue weighted by molar-refractivity contribution is 5.73. The highest BCUT2D eigenvalue weighted by atomic mass is 16.1. The maximum Gasteiger partial charge on any atom is 0.217 e. The minimum absolute atomic E-state index is 0.0399. The van der Waals surface area contributed by atoms with Gasteiger partial charge in [-0.15, -0.1) is 0 Å². The van der Waals surface area contributed by atoms with E-state index in [9.17, 15) is 4.79 Å². The van der Waals surface area contributed by atoms with Gasteiger partial charge in [0.15, 0.2) is 0 Å². The maximum atomic E-state index is 11.3. The Morgan fingerprint density at radius 2 is 2.05 bits per heavy atom. The van der Waals surface area contributed by atoms with Crippen LogP contribution in [0.4, 0.5) is 0 Å². The molecule has 1 fully saturated rings. The van der Waals surface area contributed by atoms with Crippen LogP contribution < -0.4 is 10.6 Å². The summed E-state index contributed by atoms with van der Waals surface area (Å²) in [5.41, 5.74) is 2.84. The summed E-state index contributed by atoms with van der Waals surface area (Å²) in [7, 11) is 0. The van der Waals surface area contributed by atoms with E-state index in [-0.39, 0.29) is 17.0 Å². The number of aryl methyl sites for hydroxylation is 1. The van der Waals surface area contributed by atoms with Gasteiger partial charge in [-0.05, 0) is 58.9 Å². The molecule has 2 rings (SSSR count). The van der Waals surface area contributed by atoms with E-state index in [1.54, 1.807) is 6.92 Å². The molecule has 0 bridgehead atoms. The number of carbonyl (C=O) groups is 1. The van der Waals surface area contributed by atoms with Gasteiger partial charge < -0.3 is 10.6 Å². The standard InChI is InChI=1S/C19H30N2O/c1-14-7-6-8-17(11-14)13-19(9-10-19)20-15(2)12-18(4,5)21-16(3)22/h6-8,11,15,20H,9-10,12-13H2,1-5H3,(H,21,22)/t15-/m1/s1. The summed E-state index contributed by atoms with van der Waals surface area (Å²) in [6, 6.07) is 9.18. The first-order valence-corrected chi connectivity index (χ1v) is 8.32. The quantitative estimate of drug-likeness (QED) is 0.811. The molecule has 0 heterocycles. The van der Waals surface area contributed by atoms with E-state index in [0.29, 0.717) is 6.04 Å². The Hall–Kier alpha value is -1.35. The van der Waals surface area contributed by atoms with Crippen molar-refractivity contribution in [1.82, 2.24) is 10.6 Å². The van der Waals surface area contributed by atoms with Gasteiger partial charge in [-0.25, -0.2) is 0 Å². The molecule has 1 saturated carbocycles. The third-order valence-corrected chi connectivity index (χ3v) is 4.36. The van der Waals surface area contributed by atoms with Crippen LogP contribution in [0, 0.1) is 6.92 Å². The minimum Gasteiger partial charge on any atom is -0.351 e. The van der Waals surface area contributed by atoms with Crippen LogP contribution in [0.5, 0.6) is 0 Å². The molecule has 0 radical (unpaired) electrons. The number of benzene rings is 1. The maximum absolute atomic E-state index is 11.3. The summed E-state index contributed by atoms with van der Waals surface area (Å²) in [4.78, 5) is 11.3. The second-order valence-corrected chi connectivity index (χ2v) is 7.76. The van der Waals surface area contributed by atoms with E-state index in [1.807, 2.05) is 0 Å². The average Bonchev–Trinajstić information content (AvgIpc) is 3.05. The zero-order valence-electron chi connectivity index (χ0n) is 14.6. The average molecular weight is 302 g/mol. The Balaban J connectivity index is 1.90. The predicted octanol–water partition coefficient (Wildman–Crippen LogP) is 3.35. The molecule has 0 unspecified atom stereocenters. The lowest BCUT2D eigenvalue weighted by Gasteiger charge is -2.32. The first-order chi connectivity index (χ1) is 10.2. The number of nitrogens with one attached hydrogen (secondary N) is 2. The van der Waals surface area contributed by atoms with Gasteiger partial charge in [-0.2, -0.15) is 0 Å². The summed E-state index contributed by atoms with van der Waals surface area (Å²) in [6.07, 6.45) is 4.51. The van der Waals surface area contributed by atoms with Crippen molar-refractivity contribution >= 4 is 5.91 Å². The van der Waals surface area contributed by atoms with Crippen molar-refractivity contribution in [3.8, 4) is 0 Å². The highest BCUT2D eigenvalue weighted by Gasteiger charge is 2.43. The molecule has 0 saturated heterocycles. The third-order valence-electron chi connectivity index (χ3n) is 4.36. The molecule has 0 aromatic heterocycles. The molecule has 122 valence electrons. The predicted molar refractivity (Wildman–Crippen MR) is 92.0 cm³/mol. The molecule has 1 aliphatic rings. The van der Waals surface area contributed by atoms with E-state index in [0.717, 1.165) is 12.8 Å². The first kappa shape index (κ1) is 17.0. The molecule has 1 amide bonds. The lowest BCUT2D eigenvalue weighted by Crippen LogP contribution is -2.49. The molecule has 1 aromatic carbocycles. The van der Waals surface area contributed by atoms with E-state index >= 15 is 0 Å². The van der Waals surface area contributed by atoms with Gasteiger partial charge in [0.25, 0.3) is 0 Å². The lowest BCUT2D eigenvalue weighted by molar-refractivity contribution is -0.120. The molecule has 1 aliphatic carbocycles. The Bertz CT molecular complexity index is 532. The van der Waals surface area contributed by atoms with Crippen molar-refractivity contribution < 1.29 is 4.79 Å². The van der Waals surface area contributed by atoms with Gasteiger partial charge in [0, 0.05) is 24.0 Å².